The maximum atomic E-state index is 11.9. The van der Waals surface area contributed by atoms with Crippen LogP contribution in [-0.2, 0) is 4.79 Å². The van der Waals surface area contributed by atoms with E-state index in [0.717, 1.165) is 28.5 Å². The summed E-state index contributed by atoms with van der Waals surface area (Å²) < 4.78 is 7.73. The lowest BCUT2D eigenvalue weighted by Gasteiger charge is -2.30. The number of aryl methyl sites for hydroxylation is 1. The number of amides is 1. The molecule has 1 aliphatic heterocycles. The van der Waals surface area contributed by atoms with Crippen LogP contribution in [0.3, 0.4) is 0 Å². The molecule has 0 bridgehead atoms. The third kappa shape index (κ3) is 4.31. The number of carbonyl (C=O) groups is 1. The summed E-state index contributed by atoms with van der Waals surface area (Å²) in [5, 5.41) is 6.95. The van der Waals surface area contributed by atoms with Gasteiger partial charge < -0.3 is 24.8 Å². The van der Waals surface area contributed by atoms with Gasteiger partial charge in [-0.25, -0.2) is 0 Å². The molecule has 1 amide bonds. The number of aromatic nitrogens is 2. The van der Waals surface area contributed by atoms with Crippen molar-refractivity contribution in [3.63, 3.8) is 0 Å². The predicted molar refractivity (Wildman–Crippen MR) is 146 cm³/mol. The molecular weight excluding hydrogens is 470 g/mol. The molecule has 0 spiro atoms. The predicted octanol–water partition coefficient (Wildman–Crippen LogP) is 5.32. The van der Waals surface area contributed by atoms with E-state index in [4.69, 9.17) is 17.0 Å². The lowest BCUT2D eigenvalue weighted by molar-refractivity contribution is -0.114. The molecule has 4 aromatic rings. The number of para-hydroxylation sites is 1. The van der Waals surface area contributed by atoms with Crippen LogP contribution in [0, 0.1) is 6.92 Å². The van der Waals surface area contributed by atoms with Crippen LogP contribution in [0.5, 0.6) is 5.75 Å². The molecule has 2 atom stereocenters. The summed E-state index contributed by atoms with van der Waals surface area (Å²) in [5.41, 5.74) is 5.56. The molecule has 0 radical (unpaired) electrons. The van der Waals surface area contributed by atoms with E-state index in [1.807, 2.05) is 54.6 Å². The van der Waals surface area contributed by atoms with Gasteiger partial charge in [-0.05, 0) is 73.7 Å². The molecule has 1 saturated heterocycles. The minimum absolute atomic E-state index is 0.177. The van der Waals surface area contributed by atoms with Gasteiger partial charge >= 0.3 is 0 Å². The van der Waals surface area contributed by atoms with Crippen LogP contribution in [0.1, 0.15) is 36.1 Å². The highest BCUT2D eigenvalue weighted by Gasteiger charge is 2.42. The van der Waals surface area contributed by atoms with E-state index in [1.165, 1.54) is 6.92 Å². The molecule has 182 valence electrons. The summed E-state index contributed by atoms with van der Waals surface area (Å²) in [7, 11) is 1.58. The SMILES string of the molecule is COc1ccc(N2C(=S)NC(c3ccccn3)C2c2ccc(C)n2-c2ccccc2)cc1NC(C)=O. The molecule has 3 heterocycles. The number of nitrogens with one attached hydrogen (secondary N) is 2. The van der Waals surface area contributed by atoms with E-state index in [9.17, 15) is 4.79 Å². The third-order valence-electron chi connectivity index (χ3n) is 6.29. The van der Waals surface area contributed by atoms with Crippen LogP contribution in [0.4, 0.5) is 11.4 Å². The van der Waals surface area contributed by atoms with Crippen molar-refractivity contribution in [1.82, 2.24) is 14.9 Å². The van der Waals surface area contributed by atoms with Gasteiger partial charge in [0.25, 0.3) is 0 Å². The molecule has 2 N–H and O–H groups in total. The molecule has 2 aromatic carbocycles. The van der Waals surface area contributed by atoms with E-state index in [0.29, 0.717) is 16.5 Å². The van der Waals surface area contributed by atoms with Gasteiger partial charge in [0, 0.05) is 35.9 Å². The zero-order chi connectivity index (χ0) is 25.2. The molecule has 0 saturated carbocycles. The number of hydrogen-bond acceptors (Lipinski definition) is 4. The first-order chi connectivity index (χ1) is 17.5. The first kappa shape index (κ1) is 23.6. The maximum Gasteiger partial charge on any atom is 0.221 e. The Balaban J connectivity index is 1.69. The fourth-order valence-electron chi connectivity index (χ4n) is 4.79. The van der Waals surface area contributed by atoms with Crippen LogP contribution in [0.15, 0.2) is 85.1 Å². The number of ether oxygens (including phenoxy) is 1. The first-order valence-corrected chi connectivity index (χ1v) is 12.1. The van der Waals surface area contributed by atoms with Crippen LogP contribution in [0.25, 0.3) is 5.69 Å². The molecule has 7 nitrogen and oxygen atoms in total. The number of rotatable bonds is 6. The number of nitrogens with zero attached hydrogens (tertiary/aromatic N) is 3. The first-order valence-electron chi connectivity index (χ1n) is 11.7. The zero-order valence-electron chi connectivity index (χ0n) is 20.3. The average molecular weight is 498 g/mol. The van der Waals surface area contributed by atoms with Crippen LogP contribution in [-0.4, -0.2) is 27.7 Å². The van der Waals surface area contributed by atoms with Crippen LogP contribution in [0.2, 0.25) is 0 Å². The standard InChI is InChI=1S/C28H27N5O2S/c1-18-12-14-24(32(18)20-9-5-4-6-10-20)27-26(22-11-7-8-16-29-22)31-28(36)33(27)21-13-15-25(35-3)23(17-21)30-19(2)34/h4-17,26-27H,1-3H3,(H,30,34)(H,31,36). The summed E-state index contributed by atoms with van der Waals surface area (Å²) in [6.45, 7) is 3.57. The van der Waals surface area contributed by atoms with Crippen molar-refractivity contribution in [2.45, 2.75) is 25.9 Å². The number of carbonyl (C=O) groups excluding carboxylic acids is 1. The summed E-state index contributed by atoms with van der Waals surface area (Å²) in [6, 6.07) is 25.7. The Hall–Kier alpha value is -4.17. The Bertz CT molecular complexity index is 1400. The third-order valence-corrected chi connectivity index (χ3v) is 6.61. The van der Waals surface area contributed by atoms with Crippen molar-refractivity contribution in [3.05, 3.63) is 102 Å². The highest BCUT2D eigenvalue weighted by molar-refractivity contribution is 7.80. The molecule has 2 unspecified atom stereocenters. The minimum Gasteiger partial charge on any atom is -0.495 e. The van der Waals surface area contributed by atoms with E-state index >= 15 is 0 Å². The average Bonchev–Trinajstić information content (AvgIpc) is 3.44. The topological polar surface area (TPSA) is 71.4 Å². The maximum absolute atomic E-state index is 11.9. The van der Waals surface area contributed by atoms with Gasteiger partial charge in [-0.3, -0.25) is 9.78 Å². The van der Waals surface area contributed by atoms with Crippen molar-refractivity contribution in [2.24, 2.45) is 0 Å². The van der Waals surface area contributed by atoms with E-state index in [-0.39, 0.29) is 18.0 Å². The molecule has 8 heteroatoms. The van der Waals surface area contributed by atoms with Gasteiger partial charge in [0.05, 0.1) is 24.5 Å². The summed E-state index contributed by atoms with van der Waals surface area (Å²) in [4.78, 5) is 18.6. The van der Waals surface area contributed by atoms with Crippen LogP contribution >= 0.6 is 12.2 Å². The Labute approximate surface area is 215 Å². The van der Waals surface area contributed by atoms with Gasteiger partial charge in [-0.2, -0.15) is 0 Å². The van der Waals surface area contributed by atoms with Crippen molar-refractivity contribution in [3.8, 4) is 11.4 Å². The largest absolute Gasteiger partial charge is 0.495 e. The zero-order valence-corrected chi connectivity index (χ0v) is 21.1. The number of hydrogen-bond donors (Lipinski definition) is 2. The Kier molecular flexibility index (Phi) is 6.43. The lowest BCUT2D eigenvalue weighted by Crippen LogP contribution is -2.30. The second kappa shape index (κ2) is 9.83. The van der Waals surface area contributed by atoms with E-state index < -0.39 is 0 Å². The van der Waals surface area contributed by atoms with Gasteiger partial charge in [-0.1, -0.05) is 24.3 Å². The highest BCUT2D eigenvalue weighted by Crippen LogP contribution is 2.44. The number of thiocarbonyl (C=S) groups is 1. The van der Waals surface area contributed by atoms with Gasteiger partial charge in [0.2, 0.25) is 5.91 Å². The van der Waals surface area contributed by atoms with Crippen molar-refractivity contribution < 1.29 is 9.53 Å². The smallest absolute Gasteiger partial charge is 0.221 e. The number of pyridine rings is 1. The molecule has 1 aliphatic rings. The second-order valence-electron chi connectivity index (χ2n) is 8.63. The van der Waals surface area contributed by atoms with Crippen molar-refractivity contribution >= 4 is 34.6 Å². The van der Waals surface area contributed by atoms with Gasteiger partial charge in [0.1, 0.15) is 11.8 Å². The normalized spacial score (nSPS) is 17.1. The quantitative estimate of drug-likeness (QED) is 0.351. The Morgan fingerprint density at radius 1 is 1.03 bits per heavy atom. The number of anilines is 2. The molecule has 5 rings (SSSR count). The Morgan fingerprint density at radius 3 is 2.50 bits per heavy atom. The van der Waals surface area contributed by atoms with Crippen LogP contribution < -0.4 is 20.3 Å². The summed E-state index contributed by atoms with van der Waals surface area (Å²) in [6.07, 6.45) is 1.80. The van der Waals surface area contributed by atoms with Gasteiger partial charge in [0.15, 0.2) is 5.11 Å². The lowest BCUT2D eigenvalue weighted by atomic mass is 10.0. The van der Waals surface area contributed by atoms with Gasteiger partial charge in [-0.15, -0.1) is 0 Å². The highest BCUT2D eigenvalue weighted by atomic mass is 32.1. The summed E-state index contributed by atoms with van der Waals surface area (Å²) >= 11 is 5.89. The Morgan fingerprint density at radius 2 is 1.81 bits per heavy atom. The monoisotopic (exact) mass is 497 g/mol. The number of benzene rings is 2. The van der Waals surface area contributed by atoms with Crippen molar-refractivity contribution in [2.75, 3.05) is 17.3 Å². The minimum atomic E-state index is -0.208. The molecule has 36 heavy (non-hydrogen) atoms. The number of methoxy groups -OCH3 is 1. The van der Waals surface area contributed by atoms with E-state index in [1.54, 1.807) is 13.3 Å². The molecule has 1 fully saturated rings. The second-order valence-corrected chi connectivity index (χ2v) is 9.02. The van der Waals surface area contributed by atoms with Crippen molar-refractivity contribution in [1.29, 1.82) is 0 Å². The molecule has 0 aliphatic carbocycles. The fourth-order valence-corrected chi connectivity index (χ4v) is 5.13. The fraction of sp³-hybridized carbons (Fsp3) is 0.179. The van der Waals surface area contributed by atoms with E-state index in [2.05, 4.69) is 56.3 Å². The molecular formula is C28H27N5O2S. The summed E-state index contributed by atoms with van der Waals surface area (Å²) in [5.74, 6) is 0.400. The molecule has 2 aromatic heterocycles.